The van der Waals surface area contributed by atoms with E-state index in [9.17, 15) is 4.79 Å². The van der Waals surface area contributed by atoms with E-state index in [1.165, 1.54) is 22.8 Å². The number of piperazine rings is 1. The number of anilines is 2. The zero-order valence-electron chi connectivity index (χ0n) is 25.2. The normalized spacial score (nSPS) is 30.0. The first-order valence-electron chi connectivity index (χ1n) is 14.9. The third-order valence-corrected chi connectivity index (χ3v) is 11.1. The van der Waals surface area contributed by atoms with Crippen molar-refractivity contribution >= 4 is 35.4 Å². The highest BCUT2D eigenvalue weighted by Gasteiger charge is 2.50. The Kier molecular flexibility index (Phi) is 7.17. The number of carbonyl (C=O) groups is 1. The zero-order valence-corrected chi connectivity index (χ0v) is 25.9. The number of allylic oxidation sites excluding steroid dienone is 1. The van der Waals surface area contributed by atoms with E-state index in [2.05, 4.69) is 79.3 Å². The Morgan fingerprint density at radius 2 is 1.93 bits per heavy atom. The Hall–Kier alpha value is -2.91. The molecule has 0 radical (unpaired) electrons. The van der Waals surface area contributed by atoms with Crippen molar-refractivity contribution in [2.24, 2.45) is 11.8 Å². The molecule has 5 atom stereocenters. The maximum Gasteiger partial charge on any atom is 0.246 e. The molecule has 0 bridgehead atoms. The zero-order chi connectivity index (χ0) is 29.2. The van der Waals surface area contributed by atoms with E-state index < -0.39 is 0 Å². The van der Waals surface area contributed by atoms with Gasteiger partial charge in [0.2, 0.25) is 11.9 Å². The molecule has 4 aliphatic rings. The number of aromatic amines is 1. The van der Waals surface area contributed by atoms with Gasteiger partial charge in [-0.2, -0.15) is 10.1 Å². The van der Waals surface area contributed by atoms with Crippen molar-refractivity contribution in [2.45, 2.75) is 63.4 Å². The number of hydrogen-bond acceptors (Lipinski definition) is 7. The van der Waals surface area contributed by atoms with Crippen LogP contribution in [0.1, 0.15) is 50.2 Å². The minimum atomic E-state index is -0.275. The molecule has 2 aromatic heterocycles. The minimum absolute atomic E-state index is 0.00589. The summed E-state index contributed by atoms with van der Waals surface area (Å²) < 4.78 is 0. The maximum atomic E-state index is 12.4. The number of nitrogens with zero attached hydrogens (tertiary/aromatic N) is 7. The summed E-state index contributed by atoms with van der Waals surface area (Å²) in [6.45, 7) is 16.6. The van der Waals surface area contributed by atoms with Gasteiger partial charge in [-0.1, -0.05) is 26.0 Å². The summed E-state index contributed by atoms with van der Waals surface area (Å²) >= 11 is 7.26. The third kappa shape index (κ3) is 4.56. The van der Waals surface area contributed by atoms with E-state index in [1.54, 1.807) is 0 Å². The molecule has 2 saturated heterocycles. The van der Waals surface area contributed by atoms with Gasteiger partial charge in [0.25, 0.3) is 0 Å². The van der Waals surface area contributed by atoms with Crippen LogP contribution in [-0.2, 0) is 23.1 Å². The van der Waals surface area contributed by atoms with E-state index >= 15 is 0 Å². The van der Waals surface area contributed by atoms with Gasteiger partial charge in [-0.15, -0.1) is 11.6 Å². The van der Waals surface area contributed by atoms with E-state index in [-0.39, 0.29) is 22.7 Å². The summed E-state index contributed by atoms with van der Waals surface area (Å²) in [6.07, 6.45) is 7.27. The van der Waals surface area contributed by atoms with E-state index in [0.717, 1.165) is 62.2 Å². The number of H-pyrrole nitrogens is 1. The second kappa shape index (κ2) is 10.4. The predicted octanol–water partition coefficient (Wildman–Crippen LogP) is 3.51. The standard InChI is InChI=1S/C31H43ClN8O/c1-8-27(41)40-10-9-38(15-20(40)4)29-22-11-18(2)23(31(5)24-14-33-36-26(24)12-19(3)28(31)32)13-25(22)34-30(35-29)39-16-21(17-39)37(6)7/h8,12,14,18,20-21,23,28H,1,9-11,13,15-17H2,2-7H3,(H,33,36)/t18-,20-,23-,28?,31?/m1/s1. The molecule has 0 aromatic carbocycles. The van der Waals surface area contributed by atoms with E-state index in [0.29, 0.717) is 24.4 Å². The molecule has 0 saturated carbocycles. The topological polar surface area (TPSA) is 84.5 Å². The van der Waals surface area contributed by atoms with Crippen LogP contribution in [0.5, 0.6) is 0 Å². The van der Waals surface area contributed by atoms with Crippen molar-refractivity contribution < 1.29 is 4.79 Å². The molecule has 41 heavy (non-hydrogen) atoms. The number of fused-ring (bicyclic) bond motifs is 2. The second-order valence-electron chi connectivity index (χ2n) is 13.0. The average molecular weight is 579 g/mol. The number of halogens is 1. The Morgan fingerprint density at radius 1 is 1.17 bits per heavy atom. The lowest BCUT2D eigenvalue weighted by atomic mass is 9.58. The number of likely N-dealkylation sites (N-methyl/N-ethyl adjacent to an activating group) is 1. The van der Waals surface area contributed by atoms with Gasteiger partial charge in [0.1, 0.15) is 5.82 Å². The Labute approximate surface area is 248 Å². The summed E-state index contributed by atoms with van der Waals surface area (Å²) in [5.41, 5.74) is 5.56. The number of aromatic nitrogens is 4. The first kappa shape index (κ1) is 28.2. The lowest BCUT2D eigenvalue weighted by Crippen LogP contribution is -2.58. The van der Waals surface area contributed by atoms with Gasteiger partial charge in [0.05, 0.1) is 23.0 Å². The molecule has 2 aliphatic heterocycles. The molecule has 4 heterocycles. The smallest absolute Gasteiger partial charge is 0.246 e. The number of amides is 1. The third-order valence-electron chi connectivity index (χ3n) is 10.3. The summed E-state index contributed by atoms with van der Waals surface area (Å²) in [5.74, 6) is 2.52. The minimum Gasteiger partial charge on any atom is -0.352 e. The fraction of sp³-hybridized carbons (Fsp3) is 0.613. The summed E-state index contributed by atoms with van der Waals surface area (Å²) in [5, 5.41) is 7.49. The van der Waals surface area contributed by atoms with Crippen LogP contribution < -0.4 is 9.80 Å². The molecule has 1 N–H and O–H groups in total. The molecule has 220 valence electrons. The Bertz CT molecular complexity index is 1380. The fourth-order valence-electron chi connectivity index (χ4n) is 7.64. The molecule has 2 fully saturated rings. The number of carbonyl (C=O) groups excluding carboxylic acids is 1. The lowest BCUT2D eigenvalue weighted by molar-refractivity contribution is -0.128. The first-order chi connectivity index (χ1) is 19.5. The lowest BCUT2D eigenvalue weighted by Gasteiger charge is -2.49. The number of rotatable bonds is 5. The number of alkyl halides is 1. The van der Waals surface area contributed by atoms with Crippen molar-refractivity contribution in [3.63, 3.8) is 0 Å². The van der Waals surface area contributed by atoms with Crippen LogP contribution in [0, 0.1) is 11.8 Å². The van der Waals surface area contributed by atoms with Gasteiger partial charge >= 0.3 is 0 Å². The fourth-order valence-corrected chi connectivity index (χ4v) is 7.98. The molecule has 1 amide bonds. The van der Waals surface area contributed by atoms with Crippen molar-refractivity contribution in [1.82, 2.24) is 30.0 Å². The predicted molar refractivity (Wildman–Crippen MR) is 165 cm³/mol. The van der Waals surface area contributed by atoms with Crippen molar-refractivity contribution in [2.75, 3.05) is 56.6 Å². The van der Waals surface area contributed by atoms with Gasteiger partial charge in [-0.3, -0.25) is 9.89 Å². The van der Waals surface area contributed by atoms with Crippen molar-refractivity contribution in [3.8, 4) is 0 Å². The maximum absolute atomic E-state index is 12.4. The van der Waals surface area contributed by atoms with Gasteiger partial charge < -0.3 is 19.6 Å². The number of hydrogen-bond donors (Lipinski definition) is 1. The second-order valence-corrected chi connectivity index (χ2v) is 13.5. The summed E-state index contributed by atoms with van der Waals surface area (Å²) in [4.78, 5) is 31.8. The SMILES string of the molecule is C=CC(=O)N1CCN(c2nc(N3CC(N(C)C)C3)nc3c2C[C@@H](C)[C@H](C2(C)c4cn[nH]c4C=C(C)C2Cl)C3)C[C@H]1C. The summed E-state index contributed by atoms with van der Waals surface area (Å²) in [7, 11) is 4.26. The van der Waals surface area contributed by atoms with Gasteiger partial charge in [-0.05, 0) is 64.8 Å². The highest BCUT2D eigenvalue weighted by molar-refractivity contribution is 6.24. The average Bonchev–Trinajstić information content (AvgIpc) is 3.38. The molecule has 6 rings (SSSR count). The molecule has 2 unspecified atom stereocenters. The van der Waals surface area contributed by atoms with Crippen LogP contribution in [0.3, 0.4) is 0 Å². The molecular formula is C31H43ClN8O. The molecular weight excluding hydrogens is 536 g/mol. The molecule has 2 aliphatic carbocycles. The van der Waals surface area contributed by atoms with E-state index in [1.807, 2.05) is 11.1 Å². The largest absolute Gasteiger partial charge is 0.352 e. The summed E-state index contributed by atoms with van der Waals surface area (Å²) in [6, 6.07) is 0.582. The van der Waals surface area contributed by atoms with Crippen LogP contribution in [0.25, 0.3) is 6.08 Å². The Balaban J connectivity index is 1.38. The molecule has 0 spiro atoms. The van der Waals surface area contributed by atoms with Crippen LogP contribution in [-0.4, -0.2) is 100 Å². The van der Waals surface area contributed by atoms with Crippen LogP contribution >= 0.6 is 11.6 Å². The van der Waals surface area contributed by atoms with Gasteiger partial charge in [0.15, 0.2) is 0 Å². The molecule has 10 heteroatoms. The van der Waals surface area contributed by atoms with Crippen molar-refractivity contribution in [3.05, 3.63) is 46.9 Å². The van der Waals surface area contributed by atoms with Gasteiger partial charge in [0, 0.05) is 61.3 Å². The highest BCUT2D eigenvalue weighted by Crippen LogP contribution is 2.52. The highest BCUT2D eigenvalue weighted by atomic mass is 35.5. The monoisotopic (exact) mass is 578 g/mol. The quantitative estimate of drug-likeness (QED) is 0.429. The Morgan fingerprint density at radius 3 is 2.61 bits per heavy atom. The van der Waals surface area contributed by atoms with Crippen LogP contribution in [0.2, 0.25) is 0 Å². The van der Waals surface area contributed by atoms with E-state index in [4.69, 9.17) is 21.6 Å². The first-order valence-corrected chi connectivity index (χ1v) is 15.3. The molecule has 2 aromatic rings. The van der Waals surface area contributed by atoms with Crippen LogP contribution in [0.15, 0.2) is 24.4 Å². The van der Waals surface area contributed by atoms with Crippen LogP contribution in [0.4, 0.5) is 11.8 Å². The number of nitrogens with one attached hydrogen (secondary N) is 1. The molecule has 9 nitrogen and oxygen atoms in total. The van der Waals surface area contributed by atoms with Gasteiger partial charge in [-0.25, -0.2) is 4.98 Å². The van der Waals surface area contributed by atoms with Crippen molar-refractivity contribution in [1.29, 1.82) is 0 Å².